The van der Waals surface area contributed by atoms with E-state index in [4.69, 9.17) is 0 Å². The van der Waals surface area contributed by atoms with Crippen molar-refractivity contribution in [1.29, 1.82) is 0 Å². The summed E-state index contributed by atoms with van der Waals surface area (Å²) in [5.74, 6) is 2.09. The molecule has 2 bridgehead atoms. The number of benzene rings is 2. The van der Waals surface area contributed by atoms with E-state index < -0.39 is 0 Å². The van der Waals surface area contributed by atoms with Gasteiger partial charge in [-0.1, -0.05) is 73.5 Å². The van der Waals surface area contributed by atoms with Gasteiger partial charge in [0, 0.05) is 11.5 Å². The SMILES string of the molecule is O=C1C(c2ccccc2)=C(c2ccccc2)[C@@H]2C[C@@H]3CC[C@@H](C3)[C@@]12N1CCCCC1. The zero-order valence-corrected chi connectivity index (χ0v) is 17.7. The Bertz CT molecular complexity index is 972. The molecule has 3 fully saturated rings. The van der Waals surface area contributed by atoms with Gasteiger partial charge in [-0.25, -0.2) is 0 Å². The van der Waals surface area contributed by atoms with E-state index in [2.05, 4.69) is 65.6 Å². The van der Waals surface area contributed by atoms with Crippen LogP contribution in [-0.2, 0) is 4.79 Å². The van der Waals surface area contributed by atoms with Crippen LogP contribution in [0.4, 0.5) is 0 Å². The van der Waals surface area contributed by atoms with Gasteiger partial charge in [0.1, 0.15) is 0 Å². The van der Waals surface area contributed by atoms with Gasteiger partial charge in [0.05, 0.1) is 5.54 Å². The fourth-order valence-electron chi connectivity index (χ4n) is 7.41. The molecule has 2 heteroatoms. The molecule has 0 amide bonds. The molecule has 0 radical (unpaired) electrons. The summed E-state index contributed by atoms with van der Waals surface area (Å²) in [6, 6.07) is 21.3. The first-order valence-corrected chi connectivity index (χ1v) is 11.9. The Labute approximate surface area is 180 Å². The van der Waals surface area contributed by atoms with Crippen LogP contribution in [0.3, 0.4) is 0 Å². The number of hydrogen-bond acceptors (Lipinski definition) is 2. The molecule has 1 aliphatic heterocycles. The van der Waals surface area contributed by atoms with Crippen molar-refractivity contribution >= 4 is 16.9 Å². The Morgan fingerprint density at radius 3 is 2.13 bits per heavy atom. The Hall–Kier alpha value is -2.19. The molecular formula is C28H31NO. The lowest BCUT2D eigenvalue weighted by atomic mass is 9.63. The molecule has 4 aliphatic rings. The van der Waals surface area contributed by atoms with Gasteiger partial charge in [0.15, 0.2) is 5.78 Å². The molecule has 3 aliphatic carbocycles. The van der Waals surface area contributed by atoms with Crippen LogP contribution in [0.25, 0.3) is 11.1 Å². The Morgan fingerprint density at radius 2 is 1.43 bits per heavy atom. The lowest BCUT2D eigenvalue weighted by Gasteiger charge is -2.52. The van der Waals surface area contributed by atoms with Crippen LogP contribution in [0, 0.1) is 17.8 Å². The first-order valence-electron chi connectivity index (χ1n) is 11.9. The van der Waals surface area contributed by atoms with Crippen LogP contribution in [0.5, 0.6) is 0 Å². The largest absolute Gasteiger partial charge is 0.292 e. The minimum absolute atomic E-state index is 0.302. The van der Waals surface area contributed by atoms with E-state index in [0.717, 1.165) is 30.1 Å². The topological polar surface area (TPSA) is 20.3 Å². The Kier molecular flexibility index (Phi) is 4.46. The number of carbonyl (C=O) groups is 1. The summed E-state index contributed by atoms with van der Waals surface area (Å²) < 4.78 is 0. The van der Waals surface area contributed by atoms with Crippen LogP contribution < -0.4 is 0 Å². The number of fused-ring (bicyclic) bond motifs is 4. The molecule has 0 N–H and O–H groups in total. The minimum Gasteiger partial charge on any atom is -0.292 e. The highest BCUT2D eigenvalue weighted by Crippen LogP contribution is 2.63. The van der Waals surface area contributed by atoms with Crippen LogP contribution in [0.15, 0.2) is 60.7 Å². The summed E-state index contributed by atoms with van der Waals surface area (Å²) in [4.78, 5) is 17.3. The van der Waals surface area contributed by atoms with Gasteiger partial charge in [0.2, 0.25) is 0 Å². The number of hydrogen-bond donors (Lipinski definition) is 0. The van der Waals surface area contributed by atoms with Crippen molar-refractivity contribution in [3.05, 3.63) is 71.8 Å². The lowest BCUT2D eigenvalue weighted by Crippen LogP contribution is -2.63. The monoisotopic (exact) mass is 397 g/mol. The van der Waals surface area contributed by atoms with Crippen LogP contribution in [0.2, 0.25) is 0 Å². The highest BCUT2D eigenvalue weighted by Gasteiger charge is 2.65. The number of ketones is 1. The van der Waals surface area contributed by atoms with Crippen molar-refractivity contribution in [2.75, 3.05) is 13.1 Å². The van der Waals surface area contributed by atoms with Crippen LogP contribution in [0.1, 0.15) is 56.1 Å². The first kappa shape index (κ1) is 18.6. The molecule has 154 valence electrons. The van der Waals surface area contributed by atoms with Gasteiger partial charge in [-0.3, -0.25) is 9.69 Å². The van der Waals surface area contributed by atoms with Gasteiger partial charge in [-0.15, -0.1) is 0 Å². The predicted molar refractivity (Wildman–Crippen MR) is 122 cm³/mol. The second kappa shape index (κ2) is 7.20. The van der Waals surface area contributed by atoms with E-state index in [0.29, 0.717) is 17.6 Å². The van der Waals surface area contributed by atoms with Gasteiger partial charge in [-0.05, 0) is 73.7 Å². The predicted octanol–water partition coefficient (Wildman–Crippen LogP) is 5.84. The summed E-state index contributed by atoms with van der Waals surface area (Å²) in [6.07, 6.45) is 8.75. The average Bonchev–Trinajstić information content (AvgIpc) is 3.33. The summed E-state index contributed by atoms with van der Waals surface area (Å²) in [5.41, 5.74) is 4.43. The zero-order chi connectivity index (χ0) is 20.1. The maximum Gasteiger partial charge on any atom is 0.184 e. The quantitative estimate of drug-likeness (QED) is 0.648. The zero-order valence-electron chi connectivity index (χ0n) is 17.7. The number of Topliss-reactive ketones (excluding diaryl/α,β-unsaturated/α-hetero) is 1. The number of carbonyl (C=O) groups excluding carboxylic acids is 1. The van der Waals surface area contributed by atoms with Crippen LogP contribution in [-0.4, -0.2) is 29.3 Å². The fraction of sp³-hybridized carbons (Fsp3) is 0.464. The Morgan fingerprint density at radius 1 is 0.767 bits per heavy atom. The molecule has 6 rings (SSSR count). The maximum atomic E-state index is 14.6. The highest BCUT2D eigenvalue weighted by atomic mass is 16.1. The van der Waals surface area contributed by atoms with E-state index in [-0.39, 0.29) is 5.54 Å². The summed E-state index contributed by atoms with van der Waals surface area (Å²) >= 11 is 0. The van der Waals surface area contributed by atoms with Gasteiger partial charge < -0.3 is 0 Å². The fourth-order valence-corrected chi connectivity index (χ4v) is 7.41. The highest BCUT2D eigenvalue weighted by molar-refractivity contribution is 6.35. The number of rotatable bonds is 3. The van der Waals surface area contributed by atoms with Crippen molar-refractivity contribution in [2.45, 2.75) is 50.5 Å². The normalized spacial score (nSPS) is 33.7. The molecule has 0 unspecified atom stereocenters. The van der Waals surface area contributed by atoms with E-state index in [9.17, 15) is 4.79 Å². The molecule has 0 aromatic heterocycles. The second-order valence-electron chi connectivity index (χ2n) is 9.89. The summed E-state index contributed by atoms with van der Waals surface area (Å²) in [5, 5.41) is 0. The Balaban J connectivity index is 1.59. The molecular weight excluding hydrogens is 366 g/mol. The van der Waals surface area contributed by atoms with Crippen molar-refractivity contribution in [3.63, 3.8) is 0 Å². The maximum absolute atomic E-state index is 14.6. The van der Waals surface area contributed by atoms with Crippen LogP contribution >= 0.6 is 0 Å². The van der Waals surface area contributed by atoms with Crippen molar-refractivity contribution < 1.29 is 4.79 Å². The van der Waals surface area contributed by atoms with Gasteiger partial charge in [0.25, 0.3) is 0 Å². The third kappa shape index (κ3) is 2.56. The average molecular weight is 398 g/mol. The minimum atomic E-state index is -0.302. The van der Waals surface area contributed by atoms with Gasteiger partial charge >= 0.3 is 0 Å². The number of nitrogens with zero attached hydrogens (tertiary/aromatic N) is 1. The third-order valence-corrected chi connectivity index (χ3v) is 8.50. The summed E-state index contributed by atoms with van der Waals surface area (Å²) in [6.45, 7) is 2.18. The molecule has 2 saturated carbocycles. The molecule has 2 aromatic carbocycles. The van der Waals surface area contributed by atoms with E-state index in [1.807, 2.05) is 0 Å². The third-order valence-electron chi connectivity index (χ3n) is 8.50. The molecule has 30 heavy (non-hydrogen) atoms. The smallest absolute Gasteiger partial charge is 0.184 e. The standard InChI is InChI=1S/C28H31NO/c30-27-26(22-12-6-2-7-13-22)25(21-10-4-1-5-11-21)24-19-20-14-15-23(18-20)28(24,27)29-16-8-3-9-17-29/h1-2,4-7,10-13,20,23-24H,3,8-9,14-19H2/t20-,23+,24+,28+/m1/s1. The molecule has 4 atom stereocenters. The molecule has 2 aromatic rings. The lowest BCUT2D eigenvalue weighted by molar-refractivity contribution is -0.134. The number of likely N-dealkylation sites (tertiary alicyclic amines) is 1. The van der Waals surface area contributed by atoms with E-state index in [1.165, 1.54) is 56.1 Å². The molecule has 0 spiro atoms. The van der Waals surface area contributed by atoms with Crippen molar-refractivity contribution in [3.8, 4) is 0 Å². The molecule has 1 saturated heterocycles. The number of piperidine rings is 1. The molecule has 1 heterocycles. The van der Waals surface area contributed by atoms with E-state index >= 15 is 0 Å². The molecule has 2 nitrogen and oxygen atoms in total. The summed E-state index contributed by atoms with van der Waals surface area (Å²) in [7, 11) is 0. The van der Waals surface area contributed by atoms with Crippen molar-refractivity contribution in [1.82, 2.24) is 4.90 Å². The second-order valence-corrected chi connectivity index (χ2v) is 9.89. The van der Waals surface area contributed by atoms with E-state index in [1.54, 1.807) is 0 Å². The van der Waals surface area contributed by atoms with Crippen molar-refractivity contribution in [2.24, 2.45) is 17.8 Å². The first-order chi connectivity index (χ1) is 14.8. The van der Waals surface area contributed by atoms with Gasteiger partial charge in [-0.2, -0.15) is 0 Å².